The molecule has 0 aromatic carbocycles. The van der Waals surface area contributed by atoms with Gasteiger partial charge in [-0.15, -0.1) is 0 Å². The first-order chi connectivity index (χ1) is 9.42. The van der Waals surface area contributed by atoms with Crippen LogP contribution < -0.4 is 10.0 Å². The minimum atomic E-state index is -3.53. The molecule has 0 bridgehead atoms. The zero-order chi connectivity index (χ0) is 14.8. The molecule has 0 aromatic heterocycles. The molecule has 1 atom stereocenters. The summed E-state index contributed by atoms with van der Waals surface area (Å²) in [6.07, 6.45) is 3.77. The van der Waals surface area contributed by atoms with Crippen molar-refractivity contribution in [3.05, 3.63) is 0 Å². The molecule has 0 radical (unpaired) electrons. The molecule has 116 valence electrons. The van der Waals surface area contributed by atoms with Gasteiger partial charge in [-0.2, -0.15) is 0 Å². The van der Waals surface area contributed by atoms with E-state index in [-0.39, 0.29) is 11.9 Å². The second-order valence-electron chi connectivity index (χ2n) is 5.94. The van der Waals surface area contributed by atoms with Crippen LogP contribution in [0.5, 0.6) is 0 Å². The van der Waals surface area contributed by atoms with Gasteiger partial charge in [0.05, 0.1) is 11.3 Å². The number of amides is 1. The van der Waals surface area contributed by atoms with Crippen LogP contribution in [0.3, 0.4) is 0 Å². The van der Waals surface area contributed by atoms with Crippen molar-refractivity contribution in [3.63, 3.8) is 0 Å². The van der Waals surface area contributed by atoms with Gasteiger partial charge in [-0.1, -0.05) is 0 Å². The molecule has 2 heterocycles. The Balaban J connectivity index is 2.01. The highest BCUT2D eigenvalue weighted by molar-refractivity contribution is 7.90. The van der Waals surface area contributed by atoms with E-state index < -0.39 is 15.3 Å². The smallest absolute Gasteiger partial charge is 0.250 e. The van der Waals surface area contributed by atoms with Gasteiger partial charge in [-0.3, -0.25) is 14.4 Å². The standard InChI is InChI=1S/C13H25N3O3S/c1-10(2)20(18,19)15-13(17)12-4-3-9-16(12)11-5-7-14-8-6-11/h10-12,14H,3-9H2,1-2H3,(H,15,17). The van der Waals surface area contributed by atoms with Crippen LogP contribution >= 0.6 is 0 Å². The molecule has 0 aromatic rings. The van der Waals surface area contributed by atoms with Gasteiger partial charge in [-0.25, -0.2) is 8.42 Å². The first-order valence-electron chi connectivity index (χ1n) is 7.44. The fourth-order valence-corrected chi connectivity index (χ4v) is 3.62. The van der Waals surface area contributed by atoms with Crippen molar-refractivity contribution in [3.8, 4) is 0 Å². The number of hydrogen-bond acceptors (Lipinski definition) is 5. The molecule has 6 nitrogen and oxygen atoms in total. The van der Waals surface area contributed by atoms with E-state index in [2.05, 4.69) is 14.9 Å². The molecule has 1 unspecified atom stereocenters. The summed E-state index contributed by atoms with van der Waals surface area (Å²) in [4.78, 5) is 14.5. The maximum atomic E-state index is 12.3. The third-order valence-electron chi connectivity index (χ3n) is 4.24. The summed E-state index contributed by atoms with van der Waals surface area (Å²) in [5.74, 6) is -0.352. The number of hydrogen-bond donors (Lipinski definition) is 2. The number of nitrogens with one attached hydrogen (secondary N) is 2. The van der Waals surface area contributed by atoms with Gasteiger partial charge in [0, 0.05) is 6.04 Å². The lowest BCUT2D eigenvalue weighted by Gasteiger charge is -2.35. The third kappa shape index (κ3) is 3.51. The molecule has 2 rings (SSSR count). The van der Waals surface area contributed by atoms with Gasteiger partial charge >= 0.3 is 0 Å². The summed E-state index contributed by atoms with van der Waals surface area (Å²) in [6, 6.07) is 0.114. The fraction of sp³-hybridized carbons (Fsp3) is 0.923. The van der Waals surface area contributed by atoms with E-state index in [4.69, 9.17) is 0 Å². The molecule has 0 aliphatic carbocycles. The number of piperidine rings is 1. The van der Waals surface area contributed by atoms with Gasteiger partial charge in [-0.05, 0) is 59.2 Å². The SMILES string of the molecule is CC(C)S(=O)(=O)NC(=O)C1CCCN1C1CCNCC1. The zero-order valence-electron chi connectivity index (χ0n) is 12.3. The Morgan fingerprint density at radius 3 is 2.50 bits per heavy atom. The van der Waals surface area contributed by atoms with E-state index >= 15 is 0 Å². The first-order valence-corrected chi connectivity index (χ1v) is 8.98. The Morgan fingerprint density at radius 1 is 1.25 bits per heavy atom. The van der Waals surface area contributed by atoms with E-state index in [1.807, 2.05) is 0 Å². The van der Waals surface area contributed by atoms with Crippen LogP contribution in [-0.2, 0) is 14.8 Å². The highest BCUT2D eigenvalue weighted by atomic mass is 32.2. The largest absolute Gasteiger partial charge is 0.317 e. The summed E-state index contributed by atoms with van der Waals surface area (Å²) < 4.78 is 25.9. The molecule has 2 aliphatic rings. The third-order valence-corrected chi connectivity index (χ3v) is 5.96. The van der Waals surface area contributed by atoms with Crippen LogP contribution in [0.1, 0.15) is 39.5 Å². The average Bonchev–Trinajstić information content (AvgIpc) is 2.88. The maximum Gasteiger partial charge on any atom is 0.250 e. The molecule has 2 saturated heterocycles. The van der Waals surface area contributed by atoms with E-state index in [1.54, 1.807) is 13.8 Å². The Morgan fingerprint density at radius 2 is 1.90 bits per heavy atom. The molecule has 2 aliphatic heterocycles. The summed E-state index contributed by atoms with van der Waals surface area (Å²) in [5.41, 5.74) is 0. The topological polar surface area (TPSA) is 78.5 Å². The molecule has 1 amide bonds. The number of nitrogens with zero attached hydrogens (tertiary/aromatic N) is 1. The number of sulfonamides is 1. The molecule has 7 heteroatoms. The van der Waals surface area contributed by atoms with Crippen molar-refractivity contribution in [1.29, 1.82) is 0 Å². The van der Waals surface area contributed by atoms with Crippen molar-refractivity contribution >= 4 is 15.9 Å². The highest BCUT2D eigenvalue weighted by Crippen LogP contribution is 2.24. The molecule has 0 spiro atoms. The molecule has 2 N–H and O–H groups in total. The van der Waals surface area contributed by atoms with Crippen molar-refractivity contribution in [2.45, 2.75) is 56.9 Å². The van der Waals surface area contributed by atoms with Gasteiger partial charge in [0.2, 0.25) is 10.0 Å². The molecular formula is C13H25N3O3S. The predicted molar refractivity (Wildman–Crippen MR) is 77.8 cm³/mol. The second kappa shape index (κ2) is 6.41. The fourth-order valence-electron chi connectivity index (χ4n) is 2.97. The number of carbonyl (C=O) groups excluding carboxylic acids is 1. The van der Waals surface area contributed by atoms with Crippen molar-refractivity contribution in [2.75, 3.05) is 19.6 Å². The van der Waals surface area contributed by atoms with Gasteiger partial charge in [0.25, 0.3) is 5.91 Å². The van der Waals surface area contributed by atoms with E-state index in [9.17, 15) is 13.2 Å². The second-order valence-corrected chi connectivity index (χ2v) is 8.17. The quantitative estimate of drug-likeness (QED) is 0.768. The predicted octanol–water partition coefficient (Wildman–Crippen LogP) is 0.0572. The van der Waals surface area contributed by atoms with Crippen LogP contribution in [0, 0.1) is 0 Å². The highest BCUT2D eigenvalue weighted by Gasteiger charge is 2.37. The summed E-state index contributed by atoms with van der Waals surface area (Å²) >= 11 is 0. The minimum Gasteiger partial charge on any atom is -0.317 e. The molecule has 2 fully saturated rings. The Kier molecular flexibility index (Phi) is 5.04. The summed E-state index contributed by atoms with van der Waals surface area (Å²) in [5, 5.41) is 2.73. The lowest BCUT2D eigenvalue weighted by molar-refractivity contribution is -0.124. The lowest BCUT2D eigenvalue weighted by atomic mass is 10.0. The van der Waals surface area contributed by atoms with Crippen LogP contribution in [0.2, 0.25) is 0 Å². The molecule has 20 heavy (non-hydrogen) atoms. The van der Waals surface area contributed by atoms with Crippen molar-refractivity contribution < 1.29 is 13.2 Å². The Bertz CT molecular complexity index is 444. The monoisotopic (exact) mass is 303 g/mol. The van der Waals surface area contributed by atoms with Crippen molar-refractivity contribution in [1.82, 2.24) is 14.9 Å². The van der Waals surface area contributed by atoms with Crippen molar-refractivity contribution in [2.24, 2.45) is 0 Å². The average molecular weight is 303 g/mol. The van der Waals surface area contributed by atoms with Gasteiger partial charge in [0.1, 0.15) is 0 Å². The normalized spacial score (nSPS) is 26.1. The number of rotatable bonds is 4. The molecular weight excluding hydrogens is 278 g/mol. The zero-order valence-corrected chi connectivity index (χ0v) is 13.1. The molecule has 0 saturated carbocycles. The minimum absolute atomic E-state index is 0.286. The van der Waals surface area contributed by atoms with Crippen LogP contribution in [0.4, 0.5) is 0 Å². The lowest BCUT2D eigenvalue weighted by Crippen LogP contribution is -2.52. The number of likely N-dealkylation sites (tertiary alicyclic amines) is 1. The van der Waals surface area contributed by atoms with Gasteiger partial charge < -0.3 is 5.32 Å². The van der Waals surface area contributed by atoms with E-state index in [0.717, 1.165) is 45.3 Å². The summed E-state index contributed by atoms with van der Waals surface area (Å²) in [7, 11) is -3.53. The van der Waals surface area contributed by atoms with Gasteiger partial charge in [0.15, 0.2) is 0 Å². The Hall–Kier alpha value is -0.660. The van der Waals surface area contributed by atoms with Crippen LogP contribution in [0.15, 0.2) is 0 Å². The number of carbonyl (C=O) groups is 1. The first kappa shape index (κ1) is 15.7. The van der Waals surface area contributed by atoms with Crippen LogP contribution in [-0.4, -0.2) is 56.2 Å². The van der Waals surface area contributed by atoms with E-state index in [1.165, 1.54) is 0 Å². The maximum absolute atomic E-state index is 12.3. The Labute approximate surface area is 121 Å². The summed E-state index contributed by atoms with van der Waals surface area (Å²) in [6.45, 7) is 5.99. The van der Waals surface area contributed by atoms with Crippen LogP contribution in [0.25, 0.3) is 0 Å². The van der Waals surface area contributed by atoms with E-state index in [0.29, 0.717) is 6.04 Å².